The SMILES string of the molecule is O=C(NCc1ccc2c(c1)OCO2)[C@@]1(C/C=C/c2ccccc2)COC(c2ccc(OCCCO)cc2)=N1. The number of rotatable bonds is 11. The molecule has 2 N–H and O–H groups in total. The summed E-state index contributed by atoms with van der Waals surface area (Å²) >= 11 is 0. The molecule has 0 bridgehead atoms. The van der Waals surface area contributed by atoms with Gasteiger partial charge >= 0.3 is 0 Å². The lowest BCUT2D eigenvalue weighted by Gasteiger charge is -2.21. The Morgan fingerprint density at radius 3 is 2.66 bits per heavy atom. The summed E-state index contributed by atoms with van der Waals surface area (Å²) in [6, 6.07) is 22.9. The number of carbonyl (C=O) groups is 1. The van der Waals surface area contributed by atoms with Gasteiger partial charge in [0.05, 0.1) is 6.61 Å². The molecular formula is C30H30N2O6. The number of aliphatic hydroxyl groups excluding tert-OH is 1. The van der Waals surface area contributed by atoms with Crippen LogP contribution in [0.1, 0.15) is 29.5 Å². The van der Waals surface area contributed by atoms with Crippen molar-refractivity contribution < 1.29 is 28.8 Å². The molecule has 1 atom stereocenters. The van der Waals surface area contributed by atoms with Crippen molar-refractivity contribution in [1.82, 2.24) is 5.32 Å². The molecule has 38 heavy (non-hydrogen) atoms. The van der Waals surface area contributed by atoms with Crippen molar-refractivity contribution in [1.29, 1.82) is 0 Å². The van der Waals surface area contributed by atoms with Gasteiger partial charge in [-0.15, -0.1) is 0 Å². The Labute approximate surface area is 221 Å². The standard InChI is InChI=1S/C30H30N2O6/c33-16-5-17-35-25-12-10-24(11-13-25)28-32-30(20-36-28,15-4-8-22-6-2-1-3-7-22)29(34)31-19-23-9-14-26-27(18-23)38-21-37-26/h1-4,6-14,18,33H,5,15-17,19-21H2,(H,31,34)/b8-4+/t30-/m1/s1. The zero-order chi connectivity index (χ0) is 26.2. The van der Waals surface area contributed by atoms with Gasteiger partial charge in [0.2, 0.25) is 12.7 Å². The summed E-state index contributed by atoms with van der Waals surface area (Å²) in [7, 11) is 0. The number of hydrogen-bond donors (Lipinski definition) is 2. The fourth-order valence-corrected chi connectivity index (χ4v) is 4.21. The van der Waals surface area contributed by atoms with E-state index in [1.807, 2.05) is 84.9 Å². The highest BCUT2D eigenvalue weighted by Crippen LogP contribution is 2.33. The molecule has 1 amide bonds. The zero-order valence-electron chi connectivity index (χ0n) is 21.0. The van der Waals surface area contributed by atoms with Gasteiger partial charge < -0.3 is 29.4 Å². The van der Waals surface area contributed by atoms with E-state index in [4.69, 9.17) is 29.0 Å². The molecule has 0 saturated heterocycles. The van der Waals surface area contributed by atoms with Crippen LogP contribution in [-0.2, 0) is 16.1 Å². The van der Waals surface area contributed by atoms with Crippen LogP contribution < -0.4 is 19.5 Å². The largest absolute Gasteiger partial charge is 0.494 e. The van der Waals surface area contributed by atoms with Crippen molar-refractivity contribution in [3.63, 3.8) is 0 Å². The highest BCUT2D eigenvalue weighted by molar-refractivity contribution is 6.00. The van der Waals surface area contributed by atoms with E-state index in [1.165, 1.54) is 0 Å². The Balaban J connectivity index is 1.32. The van der Waals surface area contributed by atoms with Crippen LogP contribution in [0.4, 0.5) is 0 Å². The first-order valence-electron chi connectivity index (χ1n) is 12.6. The molecule has 5 rings (SSSR count). The van der Waals surface area contributed by atoms with E-state index in [-0.39, 0.29) is 25.9 Å². The van der Waals surface area contributed by atoms with E-state index < -0.39 is 5.54 Å². The van der Waals surface area contributed by atoms with Gasteiger partial charge in [0.15, 0.2) is 17.0 Å². The van der Waals surface area contributed by atoms with E-state index in [1.54, 1.807) is 0 Å². The van der Waals surface area contributed by atoms with E-state index in [9.17, 15) is 4.79 Å². The number of nitrogens with zero attached hydrogens (tertiary/aromatic N) is 1. The molecule has 8 nitrogen and oxygen atoms in total. The summed E-state index contributed by atoms with van der Waals surface area (Å²) in [6.07, 6.45) is 4.89. The zero-order valence-corrected chi connectivity index (χ0v) is 21.0. The van der Waals surface area contributed by atoms with Crippen molar-refractivity contribution >= 4 is 17.9 Å². The second-order valence-corrected chi connectivity index (χ2v) is 9.07. The predicted octanol–water partition coefficient (Wildman–Crippen LogP) is 4.11. The molecule has 8 heteroatoms. The summed E-state index contributed by atoms with van der Waals surface area (Å²) in [5.41, 5.74) is 1.60. The molecule has 0 aromatic heterocycles. The van der Waals surface area contributed by atoms with Crippen LogP contribution in [0.2, 0.25) is 0 Å². The van der Waals surface area contributed by atoms with E-state index >= 15 is 0 Å². The molecule has 2 aliphatic rings. The first kappa shape index (κ1) is 25.4. The van der Waals surface area contributed by atoms with Crippen molar-refractivity contribution in [2.45, 2.75) is 24.9 Å². The fourth-order valence-electron chi connectivity index (χ4n) is 4.21. The number of nitrogens with one attached hydrogen (secondary N) is 1. The van der Waals surface area contributed by atoms with E-state index in [0.717, 1.165) is 16.7 Å². The molecule has 0 radical (unpaired) electrons. The number of aliphatic imine (C=N–C) groups is 1. The van der Waals surface area contributed by atoms with E-state index in [0.29, 0.717) is 49.1 Å². The third-order valence-corrected chi connectivity index (χ3v) is 6.31. The molecule has 2 heterocycles. The van der Waals surface area contributed by atoms with Gasteiger partial charge in [-0.05, 0) is 47.5 Å². The normalized spacial score (nSPS) is 17.8. The molecule has 0 unspecified atom stereocenters. The van der Waals surface area contributed by atoms with Gasteiger partial charge in [-0.1, -0.05) is 48.6 Å². The number of ether oxygens (including phenoxy) is 4. The van der Waals surface area contributed by atoms with Crippen LogP contribution in [0.3, 0.4) is 0 Å². The molecule has 2 aliphatic heterocycles. The summed E-state index contributed by atoms with van der Waals surface area (Å²) in [6.45, 7) is 1.17. The maximum Gasteiger partial charge on any atom is 0.252 e. The Hall–Kier alpha value is -4.30. The van der Waals surface area contributed by atoms with Gasteiger partial charge in [-0.2, -0.15) is 0 Å². The summed E-state index contributed by atoms with van der Waals surface area (Å²) in [5, 5.41) is 12.0. The maximum absolute atomic E-state index is 13.6. The summed E-state index contributed by atoms with van der Waals surface area (Å²) in [5.74, 6) is 2.26. The number of carbonyl (C=O) groups excluding carboxylic acids is 1. The van der Waals surface area contributed by atoms with Crippen LogP contribution in [-0.4, -0.2) is 49.1 Å². The van der Waals surface area contributed by atoms with Crippen LogP contribution in [0.25, 0.3) is 6.08 Å². The number of fused-ring (bicyclic) bond motifs is 1. The first-order chi connectivity index (χ1) is 18.6. The molecule has 0 fully saturated rings. The van der Waals surface area contributed by atoms with Crippen molar-refractivity contribution in [2.24, 2.45) is 4.99 Å². The predicted molar refractivity (Wildman–Crippen MR) is 143 cm³/mol. The molecule has 3 aromatic carbocycles. The molecular weight excluding hydrogens is 484 g/mol. The molecule has 0 spiro atoms. The van der Waals surface area contributed by atoms with Crippen LogP contribution in [0, 0.1) is 0 Å². The van der Waals surface area contributed by atoms with Gasteiger partial charge in [-0.3, -0.25) is 4.79 Å². The van der Waals surface area contributed by atoms with Gasteiger partial charge in [-0.25, -0.2) is 4.99 Å². The number of aliphatic hydroxyl groups is 1. The number of benzene rings is 3. The Morgan fingerprint density at radius 1 is 1.03 bits per heavy atom. The van der Waals surface area contributed by atoms with Crippen molar-refractivity contribution in [2.75, 3.05) is 26.6 Å². The van der Waals surface area contributed by atoms with Gasteiger partial charge in [0, 0.05) is 31.6 Å². The third kappa shape index (κ3) is 5.98. The number of hydrogen-bond acceptors (Lipinski definition) is 7. The quantitative estimate of drug-likeness (QED) is 0.374. The third-order valence-electron chi connectivity index (χ3n) is 6.31. The Morgan fingerprint density at radius 2 is 1.84 bits per heavy atom. The summed E-state index contributed by atoms with van der Waals surface area (Å²) in [4.78, 5) is 18.4. The second kappa shape index (κ2) is 11.8. The maximum atomic E-state index is 13.6. The monoisotopic (exact) mass is 514 g/mol. The van der Waals surface area contributed by atoms with Gasteiger partial charge in [0.1, 0.15) is 12.4 Å². The minimum atomic E-state index is -1.10. The average molecular weight is 515 g/mol. The van der Waals surface area contributed by atoms with Crippen molar-refractivity contribution in [3.8, 4) is 17.2 Å². The number of amides is 1. The minimum Gasteiger partial charge on any atom is -0.494 e. The minimum absolute atomic E-state index is 0.0836. The van der Waals surface area contributed by atoms with E-state index in [2.05, 4.69) is 5.32 Å². The highest BCUT2D eigenvalue weighted by Gasteiger charge is 2.43. The lowest BCUT2D eigenvalue weighted by Crippen LogP contribution is -2.46. The first-order valence-corrected chi connectivity index (χ1v) is 12.6. The summed E-state index contributed by atoms with van der Waals surface area (Å²) < 4.78 is 22.4. The molecule has 3 aromatic rings. The van der Waals surface area contributed by atoms with Crippen LogP contribution in [0.5, 0.6) is 17.2 Å². The smallest absolute Gasteiger partial charge is 0.252 e. The molecule has 0 saturated carbocycles. The lowest BCUT2D eigenvalue weighted by molar-refractivity contribution is -0.126. The highest BCUT2D eigenvalue weighted by atomic mass is 16.7. The van der Waals surface area contributed by atoms with Crippen LogP contribution in [0.15, 0.2) is 83.9 Å². The topological polar surface area (TPSA) is 98.6 Å². The molecule has 0 aliphatic carbocycles. The lowest BCUT2D eigenvalue weighted by atomic mass is 9.95. The van der Waals surface area contributed by atoms with Crippen molar-refractivity contribution in [3.05, 3.63) is 95.6 Å². The fraction of sp³-hybridized carbons (Fsp3) is 0.267. The van der Waals surface area contributed by atoms with Gasteiger partial charge in [0.25, 0.3) is 5.91 Å². The average Bonchev–Trinajstić information content (AvgIpc) is 3.61. The second-order valence-electron chi connectivity index (χ2n) is 9.07. The van der Waals surface area contributed by atoms with Crippen LogP contribution >= 0.6 is 0 Å². The Bertz CT molecular complexity index is 1310. The molecule has 196 valence electrons. The Kier molecular flexibility index (Phi) is 7.89.